The van der Waals surface area contributed by atoms with Crippen molar-refractivity contribution in [3.63, 3.8) is 0 Å². The second-order valence-corrected chi connectivity index (χ2v) is 7.45. The molecule has 0 bridgehead atoms. The minimum Gasteiger partial charge on any atom is -0.481 e. The molecule has 3 atom stereocenters. The van der Waals surface area contributed by atoms with Gasteiger partial charge in [-0.2, -0.15) is 0 Å². The van der Waals surface area contributed by atoms with Crippen molar-refractivity contribution in [2.75, 3.05) is 18.4 Å². The SMILES string of the molecule is CCCCC(C(=O)Nc1cc(C)on1)N1C[C@@H]2CCC[C@@]2(C(=O)O)C1. The highest BCUT2D eigenvalue weighted by Crippen LogP contribution is 2.49. The molecule has 1 saturated carbocycles. The number of carbonyl (C=O) groups is 2. The quantitative estimate of drug-likeness (QED) is 0.786. The number of nitrogens with one attached hydrogen (secondary N) is 1. The van der Waals surface area contributed by atoms with Crippen molar-refractivity contribution in [3.05, 3.63) is 11.8 Å². The minimum absolute atomic E-state index is 0.123. The van der Waals surface area contributed by atoms with Crippen LogP contribution in [-0.4, -0.2) is 46.2 Å². The van der Waals surface area contributed by atoms with E-state index in [0.717, 1.165) is 32.1 Å². The average molecular weight is 349 g/mol. The number of aromatic nitrogens is 1. The number of rotatable bonds is 7. The van der Waals surface area contributed by atoms with Gasteiger partial charge in [0.2, 0.25) is 5.91 Å². The van der Waals surface area contributed by atoms with Gasteiger partial charge >= 0.3 is 5.97 Å². The number of anilines is 1. The molecule has 2 N–H and O–H groups in total. The molecule has 0 aromatic carbocycles. The van der Waals surface area contributed by atoms with Crippen LogP contribution in [0.5, 0.6) is 0 Å². The van der Waals surface area contributed by atoms with Crippen LogP contribution in [0.15, 0.2) is 10.6 Å². The zero-order valence-electron chi connectivity index (χ0n) is 15.0. The third-order valence-corrected chi connectivity index (χ3v) is 5.78. The van der Waals surface area contributed by atoms with Crippen LogP contribution in [0, 0.1) is 18.3 Å². The molecule has 1 saturated heterocycles. The summed E-state index contributed by atoms with van der Waals surface area (Å²) in [6, 6.07) is 1.37. The van der Waals surface area contributed by atoms with Gasteiger partial charge in [0.25, 0.3) is 0 Å². The second kappa shape index (κ2) is 7.15. The van der Waals surface area contributed by atoms with Crippen molar-refractivity contribution in [2.24, 2.45) is 11.3 Å². The van der Waals surface area contributed by atoms with Gasteiger partial charge in [-0.15, -0.1) is 0 Å². The molecular weight excluding hydrogens is 322 g/mol. The van der Waals surface area contributed by atoms with E-state index in [1.165, 1.54) is 0 Å². The number of nitrogens with zero attached hydrogens (tertiary/aromatic N) is 2. The number of unbranched alkanes of at least 4 members (excludes halogenated alkanes) is 1. The molecule has 2 aliphatic rings. The van der Waals surface area contributed by atoms with Crippen LogP contribution < -0.4 is 5.32 Å². The predicted octanol–water partition coefficient (Wildman–Crippen LogP) is 2.67. The molecule has 0 spiro atoms. The van der Waals surface area contributed by atoms with Crippen molar-refractivity contribution in [1.82, 2.24) is 10.1 Å². The lowest BCUT2D eigenvalue weighted by molar-refractivity contribution is -0.149. The number of carbonyl (C=O) groups excluding carboxylic acids is 1. The fraction of sp³-hybridized carbons (Fsp3) is 0.722. The lowest BCUT2D eigenvalue weighted by atomic mass is 9.81. The Morgan fingerprint density at radius 2 is 2.36 bits per heavy atom. The van der Waals surface area contributed by atoms with Gasteiger partial charge in [-0.05, 0) is 32.1 Å². The van der Waals surface area contributed by atoms with E-state index in [1.807, 2.05) is 0 Å². The highest BCUT2D eigenvalue weighted by atomic mass is 16.5. The molecule has 2 fully saturated rings. The number of fused-ring (bicyclic) bond motifs is 1. The summed E-state index contributed by atoms with van der Waals surface area (Å²) in [7, 11) is 0. The van der Waals surface area contributed by atoms with Gasteiger partial charge in [0.1, 0.15) is 5.76 Å². The maximum absolute atomic E-state index is 12.8. The van der Waals surface area contributed by atoms with Gasteiger partial charge in [0.15, 0.2) is 5.82 Å². The molecule has 25 heavy (non-hydrogen) atoms. The van der Waals surface area contributed by atoms with E-state index in [1.54, 1.807) is 13.0 Å². The van der Waals surface area contributed by atoms with Gasteiger partial charge in [0.05, 0.1) is 11.5 Å². The molecule has 7 heteroatoms. The number of likely N-dealkylation sites (tertiary alicyclic amines) is 1. The normalized spacial score (nSPS) is 27.2. The topological polar surface area (TPSA) is 95.7 Å². The summed E-state index contributed by atoms with van der Waals surface area (Å²) in [5, 5.41) is 16.4. The Kier molecular flexibility index (Phi) is 5.13. The van der Waals surface area contributed by atoms with E-state index in [4.69, 9.17) is 4.52 Å². The average Bonchev–Trinajstić information content (AvgIpc) is 3.22. The first kappa shape index (κ1) is 17.9. The van der Waals surface area contributed by atoms with Crippen LogP contribution in [-0.2, 0) is 9.59 Å². The fourth-order valence-corrected chi connectivity index (χ4v) is 4.43. The molecular formula is C18H27N3O4. The predicted molar refractivity (Wildman–Crippen MR) is 92.2 cm³/mol. The number of hydrogen-bond acceptors (Lipinski definition) is 5. The number of aliphatic carboxylic acids is 1. The highest BCUT2D eigenvalue weighted by molar-refractivity contribution is 5.94. The summed E-state index contributed by atoms with van der Waals surface area (Å²) in [6.07, 6.45) is 5.27. The number of carboxylic acid groups (broad SMARTS) is 1. The number of hydrogen-bond donors (Lipinski definition) is 2. The zero-order valence-corrected chi connectivity index (χ0v) is 15.0. The summed E-state index contributed by atoms with van der Waals surface area (Å²) in [5.74, 6) is 0.370. The Bertz CT molecular complexity index is 644. The third kappa shape index (κ3) is 3.42. The van der Waals surface area contributed by atoms with Crippen LogP contribution in [0.25, 0.3) is 0 Å². The Morgan fingerprint density at radius 3 is 2.96 bits per heavy atom. The number of aryl methyl sites for hydroxylation is 1. The molecule has 2 heterocycles. The lowest BCUT2D eigenvalue weighted by Crippen LogP contribution is -2.45. The molecule has 1 unspecified atom stereocenters. The van der Waals surface area contributed by atoms with Crippen LogP contribution in [0.2, 0.25) is 0 Å². The molecule has 7 nitrogen and oxygen atoms in total. The first-order valence-electron chi connectivity index (χ1n) is 9.18. The van der Waals surface area contributed by atoms with E-state index in [2.05, 4.69) is 22.3 Å². The Hall–Kier alpha value is -1.89. The van der Waals surface area contributed by atoms with E-state index >= 15 is 0 Å². The van der Waals surface area contributed by atoms with Crippen molar-refractivity contribution in [1.29, 1.82) is 0 Å². The van der Waals surface area contributed by atoms with Crippen molar-refractivity contribution in [2.45, 2.75) is 58.4 Å². The number of amides is 1. The lowest BCUT2D eigenvalue weighted by Gasteiger charge is -2.28. The number of carboxylic acids is 1. The first-order valence-corrected chi connectivity index (χ1v) is 9.18. The van der Waals surface area contributed by atoms with Crippen molar-refractivity contribution >= 4 is 17.7 Å². The summed E-state index contributed by atoms with van der Waals surface area (Å²) in [5.41, 5.74) is -0.671. The van der Waals surface area contributed by atoms with E-state index in [9.17, 15) is 14.7 Å². The molecule has 1 aliphatic carbocycles. The molecule has 0 radical (unpaired) electrons. The van der Waals surface area contributed by atoms with Gasteiger partial charge in [0, 0.05) is 19.2 Å². The Morgan fingerprint density at radius 1 is 1.56 bits per heavy atom. The summed E-state index contributed by atoms with van der Waals surface area (Å²) in [4.78, 5) is 26.8. The first-order chi connectivity index (χ1) is 12.0. The van der Waals surface area contributed by atoms with Gasteiger partial charge in [-0.1, -0.05) is 31.3 Å². The summed E-state index contributed by atoms with van der Waals surface area (Å²) < 4.78 is 5.00. The summed E-state index contributed by atoms with van der Waals surface area (Å²) in [6.45, 7) is 5.02. The Labute approximate surface area is 147 Å². The Balaban J connectivity index is 1.74. The van der Waals surface area contributed by atoms with Gasteiger partial charge < -0.3 is 14.9 Å². The zero-order chi connectivity index (χ0) is 18.0. The molecule has 1 aromatic heterocycles. The molecule has 138 valence electrons. The van der Waals surface area contributed by atoms with Crippen LogP contribution >= 0.6 is 0 Å². The molecule has 1 aliphatic heterocycles. The minimum atomic E-state index is -0.709. The van der Waals surface area contributed by atoms with E-state index < -0.39 is 11.4 Å². The monoisotopic (exact) mass is 349 g/mol. The van der Waals surface area contributed by atoms with Crippen molar-refractivity contribution < 1.29 is 19.2 Å². The second-order valence-electron chi connectivity index (χ2n) is 7.45. The fourth-order valence-electron chi connectivity index (χ4n) is 4.43. The third-order valence-electron chi connectivity index (χ3n) is 5.78. The molecule has 1 amide bonds. The van der Waals surface area contributed by atoms with E-state index in [0.29, 0.717) is 31.1 Å². The largest absolute Gasteiger partial charge is 0.481 e. The van der Waals surface area contributed by atoms with Gasteiger partial charge in [-0.3, -0.25) is 14.5 Å². The van der Waals surface area contributed by atoms with E-state index in [-0.39, 0.29) is 17.9 Å². The van der Waals surface area contributed by atoms with Crippen LogP contribution in [0.4, 0.5) is 5.82 Å². The van der Waals surface area contributed by atoms with Crippen LogP contribution in [0.1, 0.15) is 51.2 Å². The summed E-state index contributed by atoms with van der Waals surface area (Å²) >= 11 is 0. The van der Waals surface area contributed by atoms with Crippen LogP contribution in [0.3, 0.4) is 0 Å². The van der Waals surface area contributed by atoms with Gasteiger partial charge in [-0.25, -0.2) is 0 Å². The molecule has 1 aromatic rings. The molecule has 3 rings (SSSR count). The maximum Gasteiger partial charge on any atom is 0.311 e. The smallest absolute Gasteiger partial charge is 0.311 e. The van der Waals surface area contributed by atoms with Crippen molar-refractivity contribution in [3.8, 4) is 0 Å². The standard InChI is InChI=1S/C18H27N3O4/c1-3-4-7-14(16(22)19-15-9-12(2)25-20-15)21-10-13-6-5-8-18(13,11-21)17(23)24/h9,13-14H,3-8,10-11H2,1-2H3,(H,23,24)(H,19,20,22)/t13-,14?,18+/m0/s1. The maximum atomic E-state index is 12.8. The highest BCUT2D eigenvalue weighted by Gasteiger charge is 2.56.